The number of hydrogen-bond acceptors (Lipinski definition) is 6. The zero-order chi connectivity index (χ0) is 25.2. The van der Waals surface area contributed by atoms with E-state index in [1.54, 1.807) is 0 Å². The third kappa shape index (κ3) is 7.48. The Balaban J connectivity index is 2.42. The second-order valence-corrected chi connectivity index (χ2v) is 7.21. The Kier molecular flexibility index (Phi) is 7.88. The lowest BCUT2D eigenvalue weighted by Crippen LogP contribution is -2.41. The van der Waals surface area contributed by atoms with Gasteiger partial charge in [-0.25, -0.2) is 18.2 Å². The molecule has 184 valence electrons. The molecule has 1 atom stereocenters. The highest BCUT2D eigenvalue weighted by molar-refractivity contribution is 7.99. The van der Waals surface area contributed by atoms with Gasteiger partial charge in [-0.15, -0.1) is 30.0 Å². The van der Waals surface area contributed by atoms with Gasteiger partial charge < -0.3 is 4.74 Å². The fraction of sp³-hybridized carbons (Fsp3) is 0.438. The van der Waals surface area contributed by atoms with Gasteiger partial charge in [-0.2, -0.15) is 26.9 Å². The van der Waals surface area contributed by atoms with Gasteiger partial charge in [0.15, 0.2) is 0 Å². The van der Waals surface area contributed by atoms with Crippen LogP contribution in [0.4, 0.5) is 43.9 Å². The lowest BCUT2D eigenvalue weighted by atomic mass is 10.2. The molecule has 1 heterocycles. The van der Waals surface area contributed by atoms with E-state index in [-0.39, 0.29) is 22.2 Å². The van der Waals surface area contributed by atoms with Crippen molar-refractivity contribution in [3.63, 3.8) is 0 Å². The molecule has 17 heteroatoms. The molecule has 0 radical (unpaired) electrons. The van der Waals surface area contributed by atoms with E-state index in [1.807, 2.05) is 0 Å². The monoisotopic (exact) mass is 515 g/mol. The molecule has 0 bridgehead atoms. The van der Waals surface area contributed by atoms with Gasteiger partial charge in [-0.3, -0.25) is 0 Å². The fourth-order valence-corrected chi connectivity index (χ4v) is 3.12. The minimum Gasteiger partial charge on any atom is -0.409 e. The largest absolute Gasteiger partial charge is 0.525 e. The molecule has 0 spiro atoms. The van der Waals surface area contributed by atoms with Crippen LogP contribution in [0.1, 0.15) is 11.3 Å². The molecule has 2 rings (SSSR count). The Morgan fingerprint density at radius 1 is 1.12 bits per heavy atom. The SMILES string of the molecule is Cc1cc(F)c(-n2nc(OC(F)(F)C(F)OC(F)(F)F)cc2CN=O)cc1SCC(F)(F)F. The van der Waals surface area contributed by atoms with Gasteiger partial charge in [-0.1, -0.05) is 5.18 Å². The van der Waals surface area contributed by atoms with E-state index in [0.29, 0.717) is 10.7 Å². The van der Waals surface area contributed by atoms with Gasteiger partial charge in [0.1, 0.15) is 18.0 Å². The summed E-state index contributed by atoms with van der Waals surface area (Å²) in [5.41, 5.74) is -0.983. The maximum absolute atomic E-state index is 14.5. The average Bonchev–Trinajstić information content (AvgIpc) is 3.00. The van der Waals surface area contributed by atoms with Crippen molar-refractivity contribution in [3.8, 4) is 11.6 Å². The molecule has 0 aliphatic rings. The molecular formula is C16H11F10N3O3S. The van der Waals surface area contributed by atoms with Crippen LogP contribution in [0.2, 0.25) is 0 Å². The number of nitroso groups, excluding NO2 is 1. The number of nitrogens with zero attached hydrogens (tertiary/aromatic N) is 3. The summed E-state index contributed by atoms with van der Waals surface area (Å²) >= 11 is 0.275. The first kappa shape index (κ1) is 26.7. The number of halogens is 10. The second-order valence-electron chi connectivity index (χ2n) is 6.19. The highest BCUT2D eigenvalue weighted by Gasteiger charge is 2.51. The molecule has 0 saturated heterocycles. The van der Waals surface area contributed by atoms with Crippen molar-refractivity contribution in [1.82, 2.24) is 9.78 Å². The van der Waals surface area contributed by atoms with Crippen LogP contribution < -0.4 is 4.74 Å². The first-order valence-corrected chi connectivity index (χ1v) is 9.34. The molecule has 0 saturated carbocycles. The summed E-state index contributed by atoms with van der Waals surface area (Å²) in [6.45, 7) is 0.443. The Bertz CT molecular complexity index is 993. The lowest BCUT2D eigenvalue weighted by molar-refractivity contribution is -0.411. The van der Waals surface area contributed by atoms with Gasteiger partial charge in [0.2, 0.25) is 5.88 Å². The van der Waals surface area contributed by atoms with Crippen molar-refractivity contribution in [3.05, 3.63) is 40.2 Å². The number of rotatable bonds is 9. The van der Waals surface area contributed by atoms with Gasteiger partial charge >= 0.3 is 25.0 Å². The highest BCUT2D eigenvalue weighted by Crippen LogP contribution is 2.34. The van der Waals surface area contributed by atoms with Crippen molar-refractivity contribution in [2.24, 2.45) is 5.18 Å². The number of ether oxygens (including phenoxy) is 2. The van der Waals surface area contributed by atoms with E-state index >= 15 is 0 Å². The molecule has 1 aromatic heterocycles. The summed E-state index contributed by atoms with van der Waals surface area (Å²) in [6, 6.07) is 2.20. The Labute approximate surface area is 181 Å². The fourth-order valence-electron chi connectivity index (χ4n) is 2.32. The van der Waals surface area contributed by atoms with Crippen LogP contribution in [0.5, 0.6) is 5.88 Å². The molecule has 1 aromatic carbocycles. The summed E-state index contributed by atoms with van der Waals surface area (Å²) in [7, 11) is 0. The van der Waals surface area contributed by atoms with Crippen LogP contribution in [0.3, 0.4) is 0 Å². The van der Waals surface area contributed by atoms with Gasteiger partial charge in [0, 0.05) is 11.0 Å². The number of thioether (sulfide) groups is 1. The number of alkyl halides is 9. The molecule has 0 aliphatic heterocycles. The van der Waals surface area contributed by atoms with E-state index in [0.717, 1.165) is 12.1 Å². The van der Waals surface area contributed by atoms with E-state index in [1.165, 1.54) is 6.92 Å². The first-order chi connectivity index (χ1) is 15.0. The van der Waals surface area contributed by atoms with Crippen LogP contribution in [-0.4, -0.2) is 40.5 Å². The van der Waals surface area contributed by atoms with Crippen molar-refractivity contribution in [2.75, 3.05) is 5.75 Å². The second kappa shape index (κ2) is 9.74. The van der Waals surface area contributed by atoms with Crippen molar-refractivity contribution in [1.29, 1.82) is 0 Å². The van der Waals surface area contributed by atoms with Crippen LogP contribution >= 0.6 is 11.8 Å². The molecule has 6 nitrogen and oxygen atoms in total. The zero-order valence-corrected chi connectivity index (χ0v) is 16.8. The number of benzene rings is 1. The van der Waals surface area contributed by atoms with E-state index in [4.69, 9.17) is 0 Å². The van der Waals surface area contributed by atoms with E-state index < -0.39 is 60.4 Å². The minimum absolute atomic E-state index is 0.0836. The van der Waals surface area contributed by atoms with Crippen molar-refractivity contribution >= 4 is 11.8 Å². The summed E-state index contributed by atoms with van der Waals surface area (Å²) in [5, 5.41) is 5.79. The molecule has 0 N–H and O–H groups in total. The summed E-state index contributed by atoms with van der Waals surface area (Å²) in [6.07, 6.45) is -19.9. The van der Waals surface area contributed by atoms with E-state index in [2.05, 4.69) is 19.7 Å². The smallest absolute Gasteiger partial charge is 0.409 e. The number of aryl methyl sites for hydroxylation is 1. The zero-order valence-electron chi connectivity index (χ0n) is 16.0. The molecule has 1 unspecified atom stereocenters. The molecule has 0 aliphatic carbocycles. The molecule has 0 amide bonds. The van der Waals surface area contributed by atoms with E-state index in [9.17, 15) is 48.8 Å². The number of aromatic nitrogens is 2. The first-order valence-electron chi connectivity index (χ1n) is 8.36. The molecule has 33 heavy (non-hydrogen) atoms. The third-order valence-corrected chi connectivity index (χ3v) is 4.82. The minimum atomic E-state index is -5.77. The maximum Gasteiger partial charge on any atom is 0.525 e. The topological polar surface area (TPSA) is 65.7 Å². The van der Waals surface area contributed by atoms with Gasteiger partial charge in [0.05, 0.1) is 11.4 Å². The number of hydrogen-bond donors (Lipinski definition) is 0. The van der Waals surface area contributed by atoms with Crippen molar-refractivity contribution in [2.45, 2.75) is 43.4 Å². The van der Waals surface area contributed by atoms with Crippen molar-refractivity contribution < 1.29 is 53.4 Å². The summed E-state index contributed by atoms with van der Waals surface area (Å²) < 4.78 is 135. The molecule has 0 fully saturated rings. The van der Waals surface area contributed by atoms with Gasteiger partial charge in [-0.05, 0) is 24.6 Å². The Hall–Kier alpha value is -2.56. The Morgan fingerprint density at radius 2 is 1.76 bits per heavy atom. The predicted octanol–water partition coefficient (Wildman–Crippen LogP) is 6.04. The van der Waals surface area contributed by atoms with Crippen LogP contribution in [-0.2, 0) is 11.3 Å². The maximum atomic E-state index is 14.5. The average molecular weight is 515 g/mol. The Morgan fingerprint density at radius 3 is 2.30 bits per heavy atom. The molecule has 2 aromatic rings. The quantitative estimate of drug-likeness (QED) is 0.231. The predicted molar refractivity (Wildman–Crippen MR) is 92.1 cm³/mol. The lowest BCUT2D eigenvalue weighted by Gasteiger charge is -2.20. The van der Waals surface area contributed by atoms with Crippen LogP contribution in [0.25, 0.3) is 5.69 Å². The van der Waals surface area contributed by atoms with Crippen LogP contribution in [0.15, 0.2) is 28.3 Å². The third-order valence-electron chi connectivity index (χ3n) is 3.59. The molecular weight excluding hydrogens is 504 g/mol. The standard InChI is InChI=1S/C16H11F10N3O3S/c1-7-2-9(17)10(4-11(7)33-6-14(19,20)21)29-8(5-27-30)3-12(28-29)31-15(22,23)13(18)32-16(24,25)26/h2-4,13H,5-6H2,1H3. The van der Waals surface area contributed by atoms with Gasteiger partial charge in [0.25, 0.3) is 0 Å². The summed E-state index contributed by atoms with van der Waals surface area (Å²) in [4.78, 5) is 10.5. The normalized spacial score (nSPS) is 13.8. The highest BCUT2D eigenvalue weighted by atomic mass is 32.2. The van der Waals surface area contributed by atoms with Crippen LogP contribution in [0, 0.1) is 17.6 Å². The summed E-state index contributed by atoms with van der Waals surface area (Å²) in [5.74, 6) is -3.71.